The smallest absolute Gasteiger partial charge is 0.0991 e. The van der Waals surface area contributed by atoms with E-state index in [9.17, 15) is 5.11 Å². The molecule has 1 aromatic rings. The van der Waals surface area contributed by atoms with Crippen molar-refractivity contribution in [2.24, 2.45) is 0 Å². The second-order valence-electron chi connectivity index (χ2n) is 6.11. The first-order valence-corrected chi connectivity index (χ1v) is 7.14. The van der Waals surface area contributed by atoms with E-state index in [0.29, 0.717) is 24.1 Å². The normalized spacial score (nSPS) is 33.7. The van der Waals surface area contributed by atoms with Gasteiger partial charge in [0.15, 0.2) is 0 Å². The third kappa shape index (κ3) is 2.80. The van der Waals surface area contributed by atoms with Gasteiger partial charge in [-0.25, -0.2) is 0 Å². The summed E-state index contributed by atoms with van der Waals surface area (Å²) in [5.74, 6) is 0. The maximum Gasteiger partial charge on any atom is 0.0991 e. The molecule has 2 aliphatic rings. The predicted octanol–water partition coefficient (Wildman–Crippen LogP) is 2.14. The number of hydrogen-bond donors (Lipinski definition) is 2. The molecule has 3 heteroatoms. The molecule has 0 radical (unpaired) electrons. The van der Waals surface area contributed by atoms with Gasteiger partial charge < -0.3 is 10.4 Å². The van der Waals surface area contributed by atoms with Gasteiger partial charge in [-0.2, -0.15) is 5.26 Å². The Labute approximate surface area is 114 Å². The van der Waals surface area contributed by atoms with Gasteiger partial charge >= 0.3 is 0 Å². The van der Waals surface area contributed by atoms with Gasteiger partial charge in [-0.05, 0) is 43.4 Å². The van der Waals surface area contributed by atoms with Gasteiger partial charge in [0, 0.05) is 18.5 Å². The van der Waals surface area contributed by atoms with Gasteiger partial charge in [0.2, 0.25) is 0 Å². The monoisotopic (exact) mass is 256 g/mol. The summed E-state index contributed by atoms with van der Waals surface area (Å²) in [6, 6.07) is 10.7. The van der Waals surface area contributed by atoms with Crippen LogP contribution in [0.2, 0.25) is 0 Å². The van der Waals surface area contributed by atoms with Gasteiger partial charge in [-0.15, -0.1) is 0 Å². The average Bonchev–Trinajstić information content (AvgIpc) is 2.38. The van der Waals surface area contributed by atoms with E-state index >= 15 is 0 Å². The summed E-state index contributed by atoms with van der Waals surface area (Å²) in [5, 5.41) is 23.3. The van der Waals surface area contributed by atoms with Crippen LogP contribution in [0.5, 0.6) is 0 Å². The van der Waals surface area contributed by atoms with Gasteiger partial charge in [-0.3, -0.25) is 0 Å². The first kappa shape index (κ1) is 12.7. The molecule has 0 aliphatic carbocycles. The molecule has 0 spiro atoms. The van der Waals surface area contributed by atoms with Crippen molar-refractivity contribution < 1.29 is 5.11 Å². The molecule has 2 heterocycles. The molecule has 3 rings (SSSR count). The number of fused-ring (bicyclic) bond motifs is 2. The van der Waals surface area contributed by atoms with Crippen LogP contribution in [0.15, 0.2) is 24.3 Å². The van der Waals surface area contributed by atoms with Crippen molar-refractivity contribution in [2.75, 3.05) is 0 Å². The predicted molar refractivity (Wildman–Crippen MR) is 73.6 cm³/mol. The van der Waals surface area contributed by atoms with Gasteiger partial charge in [0.1, 0.15) is 0 Å². The molecule has 3 nitrogen and oxygen atoms in total. The van der Waals surface area contributed by atoms with E-state index in [-0.39, 0.29) is 0 Å². The van der Waals surface area contributed by atoms with Crippen molar-refractivity contribution in [3.8, 4) is 6.07 Å². The molecule has 100 valence electrons. The summed E-state index contributed by atoms with van der Waals surface area (Å²) < 4.78 is 0. The van der Waals surface area contributed by atoms with Crippen LogP contribution in [-0.4, -0.2) is 22.8 Å². The topological polar surface area (TPSA) is 56.0 Å². The maximum atomic E-state index is 10.9. The Bertz CT molecular complexity index is 476. The fourth-order valence-electron chi connectivity index (χ4n) is 3.65. The minimum Gasteiger partial charge on any atom is -0.389 e. The number of aliphatic hydroxyl groups is 1. The van der Waals surface area contributed by atoms with Crippen LogP contribution in [-0.2, 0) is 6.42 Å². The molecule has 1 aromatic carbocycles. The van der Waals surface area contributed by atoms with E-state index in [2.05, 4.69) is 11.4 Å². The second kappa shape index (κ2) is 4.96. The number of nitrogens with zero attached hydrogens (tertiary/aromatic N) is 1. The highest BCUT2D eigenvalue weighted by Crippen LogP contribution is 2.34. The molecule has 0 aromatic heterocycles. The van der Waals surface area contributed by atoms with Crippen LogP contribution in [0.1, 0.15) is 43.2 Å². The first-order chi connectivity index (χ1) is 9.17. The van der Waals surface area contributed by atoms with Crippen molar-refractivity contribution in [3.63, 3.8) is 0 Å². The average molecular weight is 256 g/mol. The summed E-state index contributed by atoms with van der Waals surface area (Å²) >= 11 is 0. The van der Waals surface area contributed by atoms with Crippen molar-refractivity contribution in [1.82, 2.24) is 5.32 Å². The highest BCUT2D eigenvalue weighted by Gasteiger charge is 2.40. The number of nitrogens with one attached hydrogen (secondary N) is 1. The zero-order valence-corrected chi connectivity index (χ0v) is 11.1. The molecule has 2 atom stereocenters. The molecular weight excluding hydrogens is 236 g/mol. The standard InChI is InChI=1S/C16H20N2O/c17-11-13-6-4-12(5-7-13)8-16(19)9-14-2-1-3-15(10-16)18-14/h4-7,14-15,18-19H,1-3,8-10H2. The number of hydrogen-bond acceptors (Lipinski definition) is 3. The molecule has 2 N–H and O–H groups in total. The number of piperidine rings is 2. The summed E-state index contributed by atoms with van der Waals surface area (Å²) in [7, 11) is 0. The minimum absolute atomic E-state index is 0.482. The Kier molecular flexibility index (Phi) is 3.30. The SMILES string of the molecule is N#Cc1ccc(CC2(O)CC3CCCC(C2)N3)cc1. The number of rotatable bonds is 2. The van der Waals surface area contributed by atoms with Gasteiger partial charge in [0.05, 0.1) is 17.2 Å². The fourth-order valence-corrected chi connectivity index (χ4v) is 3.65. The highest BCUT2D eigenvalue weighted by atomic mass is 16.3. The van der Waals surface area contributed by atoms with E-state index < -0.39 is 5.60 Å². The van der Waals surface area contributed by atoms with E-state index in [1.54, 1.807) is 0 Å². The van der Waals surface area contributed by atoms with E-state index in [0.717, 1.165) is 18.4 Å². The first-order valence-electron chi connectivity index (χ1n) is 7.14. The lowest BCUT2D eigenvalue weighted by Crippen LogP contribution is -2.56. The van der Waals surface area contributed by atoms with Crippen LogP contribution in [0.25, 0.3) is 0 Å². The Morgan fingerprint density at radius 3 is 2.42 bits per heavy atom. The van der Waals surface area contributed by atoms with Crippen LogP contribution in [0.4, 0.5) is 0 Å². The highest BCUT2D eigenvalue weighted by molar-refractivity contribution is 5.32. The summed E-state index contributed by atoms with van der Waals surface area (Å²) in [4.78, 5) is 0. The Morgan fingerprint density at radius 2 is 1.84 bits per heavy atom. The third-order valence-corrected chi connectivity index (χ3v) is 4.45. The lowest BCUT2D eigenvalue weighted by molar-refractivity contribution is -0.0302. The molecule has 2 saturated heterocycles. The Hall–Kier alpha value is -1.37. The fraction of sp³-hybridized carbons (Fsp3) is 0.562. The molecule has 2 fully saturated rings. The maximum absolute atomic E-state index is 10.9. The lowest BCUT2D eigenvalue weighted by Gasteiger charge is -2.45. The zero-order valence-electron chi connectivity index (χ0n) is 11.1. The van der Waals surface area contributed by atoms with E-state index in [1.165, 1.54) is 19.3 Å². The van der Waals surface area contributed by atoms with Gasteiger partial charge in [0.25, 0.3) is 0 Å². The van der Waals surface area contributed by atoms with Crippen molar-refractivity contribution in [1.29, 1.82) is 5.26 Å². The molecule has 0 saturated carbocycles. The summed E-state index contributed by atoms with van der Waals surface area (Å²) in [6.07, 6.45) is 6.06. The minimum atomic E-state index is -0.574. The molecule has 0 amide bonds. The molecular formula is C16H20N2O. The van der Waals surface area contributed by atoms with Crippen molar-refractivity contribution in [3.05, 3.63) is 35.4 Å². The van der Waals surface area contributed by atoms with Crippen LogP contribution < -0.4 is 5.32 Å². The van der Waals surface area contributed by atoms with Crippen LogP contribution >= 0.6 is 0 Å². The Morgan fingerprint density at radius 1 is 1.21 bits per heavy atom. The number of nitriles is 1. The molecule has 2 aliphatic heterocycles. The summed E-state index contributed by atoms with van der Waals surface area (Å²) in [6.45, 7) is 0. The largest absolute Gasteiger partial charge is 0.389 e. The zero-order chi connectivity index (χ0) is 13.3. The van der Waals surface area contributed by atoms with Crippen LogP contribution in [0, 0.1) is 11.3 Å². The van der Waals surface area contributed by atoms with E-state index in [4.69, 9.17) is 5.26 Å². The summed E-state index contributed by atoms with van der Waals surface area (Å²) in [5.41, 5.74) is 1.23. The van der Waals surface area contributed by atoms with Crippen LogP contribution in [0.3, 0.4) is 0 Å². The molecule has 2 unspecified atom stereocenters. The lowest BCUT2D eigenvalue weighted by atomic mass is 9.74. The quantitative estimate of drug-likeness (QED) is 0.852. The van der Waals surface area contributed by atoms with Gasteiger partial charge in [-0.1, -0.05) is 18.6 Å². The third-order valence-electron chi connectivity index (χ3n) is 4.45. The van der Waals surface area contributed by atoms with Crippen molar-refractivity contribution in [2.45, 2.75) is 56.2 Å². The van der Waals surface area contributed by atoms with E-state index in [1.807, 2.05) is 24.3 Å². The molecule has 19 heavy (non-hydrogen) atoms. The number of benzene rings is 1. The second-order valence-corrected chi connectivity index (χ2v) is 6.11. The molecule has 2 bridgehead atoms. The Balaban J connectivity index is 1.72. The van der Waals surface area contributed by atoms with Crippen molar-refractivity contribution >= 4 is 0 Å².